The number of nitrogens with zero attached hydrogens (tertiary/aromatic N) is 5. The number of carbonyl (C=O) groups is 1. The molecule has 4 rings (SSSR count). The van der Waals surface area contributed by atoms with E-state index in [2.05, 4.69) is 36.0 Å². The van der Waals surface area contributed by atoms with E-state index in [0.717, 1.165) is 54.0 Å². The molecular weight excluding hydrogens is 425 g/mol. The number of hydrogen-bond acceptors (Lipinski definition) is 5. The summed E-state index contributed by atoms with van der Waals surface area (Å²) in [4.78, 5) is 17.3. The van der Waals surface area contributed by atoms with Crippen LogP contribution < -0.4 is 0 Å². The quantitative estimate of drug-likeness (QED) is 0.524. The van der Waals surface area contributed by atoms with Crippen molar-refractivity contribution in [2.24, 2.45) is 0 Å². The Morgan fingerprint density at radius 2 is 1.72 bits per heavy atom. The number of thioether (sulfide) groups is 1. The monoisotopic (exact) mass is 453 g/mol. The van der Waals surface area contributed by atoms with Crippen molar-refractivity contribution in [3.8, 4) is 5.69 Å². The van der Waals surface area contributed by atoms with E-state index in [1.807, 2.05) is 33.7 Å². The molecule has 1 aliphatic heterocycles. The molecule has 0 atom stereocenters. The Morgan fingerprint density at radius 1 is 1.03 bits per heavy atom. The van der Waals surface area contributed by atoms with Gasteiger partial charge in [-0.1, -0.05) is 43.8 Å². The van der Waals surface area contributed by atoms with Crippen LogP contribution >= 0.6 is 11.8 Å². The maximum absolute atomic E-state index is 13.5. The van der Waals surface area contributed by atoms with E-state index < -0.39 is 0 Å². The van der Waals surface area contributed by atoms with Crippen molar-refractivity contribution >= 4 is 17.7 Å². The van der Waals surface area contributed by atoms with Gasteiger partial charge in [0.2, 0.25) is 0 Å². The van der Waals surface area contributed by atoms with Gasteiger partial charge in [0.15, 0.2) is 5.16 Å². The number of likely N-dealkylation sites (N-methyl/N-ethyl adjacent to an activating group) is 1. The van der Waals surface area contributed by atoms with Gasteiger partial charge in [-0.2, -0.15) is 0 Å². The molecule has 0 saturated carbocycles. The first kappa shape index (κ1) is 22.5. The summed E-state index contributed by atoms with van der Waals surface area (Å²) in [6.07, 6.45) is 0. The summed E-state index contributed by atoms with van der Waals surface area (Å²) in [6.45, 7) is 7.38. The van der Waals surface area contributed by atoms with Gasteiger partial charge in [-0.15, -0.1) is 10.2 Å². The van der Waals surface area contributed by atoms with Crippen LogP contribution in [0.1, 0.15) is 41.5 Å². The highest BCUT2D eigenvalue weighted by Gasteiger charge is 2.23. The molecule has 1 aromatic heterocycles. The smallest absolute Gasteiger partial charge is 0.254 e. The Bertz CT molecular complexity index is 1070. The van der Waals surface area contributed by atoms with E-state index in [-0.39, 0.29) is 17.6 Å². The number of amides is 1. The third-order valence-electron chi connectivity index (χ3n) is 5.65. The first-order valence-electron chi connectivity index (χ1n) is 10.8. The van der Waals surface area contributed by atoms with E-state index in [0.29, 0.717) is 5.75 Å². The number of aromatic nitrogens is 3. The van der Waals surface area contributed by atoms with Gasteiger partial charge >= 0.3 is 0 Å². The summed E-state index contributed by atoms with van der Waals surface area (Å²) in [7, 11) is 2.08. The summed E-state index contributed by atoms with van der Waals surface area (Å²) in [5.74, 6) is 1.37. The van der Waals surface area contributed by atoms with Crippen LogP contribution in [0, 0.1) is 5.82 Å². The first-order chi connectivity index (χ1) is 15.4. The molecule has 2 heterocycles. The van der Waals surface area contributed by atoms with Crippen LogP contribution in [0.15, 0.2) is 53.7 Å². The molecule has 1 saturated heterocycles. The molecule has 8 heteroatoms. The second-order valence-corrected chi connectivity index (χ2v) is 9.29. The molecule has 0 N–H and O–H groups in total. The van der Waals surface area contributed by atoms with Crippen LogP contribution in [0.5, 0.6) is 0 Å². The molecule has 0 radical (unpaired) electrons. The second-order valence-electron chi connectivity index (χ2n) is 8.35. The van der Waals surface area contributed by atoms with Crippen molar-refractivity contribution in [2.75, 3.05) is 33.2 Å². The van der Waals surface area contributed by atoms with Gasteiger partial charge in [0, 0.05) is 49.1 Å². The standard InChI is InChI=1S/C24H28FN5OS/c1-17(2)22-26-27-24(30(22)20-10-8-19(25)9-11-20)32-16-18-6-4-5-7-21(18)23(31)29-14-12-28(3)13-15-29/h4-11,17H,12-16H2,1-3H3. The lowest BCUT2D eigenvalue weighted by Crippen LogP contribution is -2.47. The Labute approximate surface area is 192 Å². The lowest BCUT2D eigenvalue weighted by atomic mass is 10.1. The molecule has 0 aliphatic carbocycles. The summed E-state index contributed by atoms with van der Waals surface area (Å²) in [6, 6.07) is 14.1. The van der Waals surface area contributed by atoms with E-state index in [1.165, 1.54) is 23.9 Å². The van der Waals surface area contributed by atoms with Gasteiger partial charge in [0.1, 0.15) is 11.6 Å². The Balaban J connectivity index is 1.57. The minimum atomic E-state index is -0.279. The van der Waals surface area contributed by atoms with Crippen molar-refractivity contribution in [1.82, 2.24) is 24.6 Å². The zero-order valence-electron chi connectivity index (χ0n) is 18.7. The topological polar surface area (TPSA) is 54.3 Å². The zero-order chi connectivity index (χ0) is 22.7. The maximum Gasteiger partial charge on any atom is 0.254 e. The minimum absolute atomic E-state index is 0.0807. The van der Waals surface area contributed by atoms with Gasteiger partial charge in [-0.25, -0.2) is 4.39 Å². The third kappa shape index (κ3) is 4.86. The maximum atomic E-state index is 13.5. The zero-order valence-corrected chi connectivity index (χ0v) is 19.5. The number of rotatable bonds is 6. The number of piperazine rings is 1. The molecule has 0 spiro atoms. The predicted octanol–water partition coefficient (Wildman–Crippen LogP) is 4.21. The molecule has 6 nitrogen and oxygen atoms in total. The van der Waals surface area contributed by atoms with E-state index in [4.69, 9.17) is 0 Å². The summed E-state index contributed by atoms with van der Waals surface area (Å²) in [5, 5.41) is 9.51. The predicted molar refractivity (Wildman–Crippen MR) is 125 cm³/mol. The van der Waals surface area contributed by atoms with Crippen LogP contribution in [-0.4, -0.2) is 63.7 Å². The highest BCUT2D eigenvalue weighted by atomic mass is 32.2. The van der Waals surface area contributed by atoms with Gasteiger partial charge in [-0.3, -0.25) is 9.36 Å². The number of benzene rings is 2. The largest absolute Gasteiger partial charge is 0.336 e. The van der Waals surface area contributed by atoms with Crippen LogP contribution in [-0.2, 0) is 5.75 Å². The lowest BCUT2D eigenvalue weighted by Gasteiger charge is -2.32. The van der Waals surface area contributed by atoms with Crippen molar-refractivity contribution < 1.29 is 9.18 Å². The highest BCUT2D eigenvalue weighted by Crippen LogP contribution is 2.29. The van der Waals surface area contributed by atoms with Crippen LogP contribution in [0.3, 0.4) is 0 Å². The first-order valence-corrected chi connectivity index (χ1v) is 11.8. The van der Waals surface area contributed by atoms with E-state index in [9.17, 15) is 9.18 Å². The molecule has 32 heavy (non-hydrogen) atoms. The average Bonchev–Trinajstić information content (AvgIpc) is 3.23. The summed E-state index contributed by atoms with van der Waals surface area (Å²) in [5.41, 5.74) is 2.53. The van der Waals surface area contributed by atoms with Crippen molar-refractivity contribution in [1.29, 1.82) is 0 Å². The highest BCUT2D eigenvalue weighted by molar-refractivity contribution is 7.98. The van der Waals surface area contributed by atoms with Gasteiger partial charge in [0.25, 0.3) is 5.91 Å². The number of halogens is 1. The second kappa shape index (κ2) is 9.83. The molecule has 1 amide bonds. The number of hydrogen-bond donors (Lipinski definition) is 0. The fraction of sp³-hybridized carbons (Fsp3) is 0.375. The van der Waals surface area contributed by atoms with Crippen LogP contribution in [0.4, 0.5) is 4.39 Å². The molecule has 1 fully saturated rings. The van der Waals surface area contributed by atoms with E-state index in [1.54, 1.807) is 12.1 Å². The van der Waals surface area contributed by atoms with Gasteiger partial charge in [-0.05, 0) is 42.9 Å². The molecule has 0 unspecified atom stereocenters. The molecule has 2 aromatic carbocycles. The van der Waals surface area contributed by atoms with E-state index >= 15 is 0 Å². The van der Waals surface area contributed by atoms with Gasteiger partial charge < -0.3 is 9.80 Å². The van der Waals surface area contributed by atoms with Crippen molar-refractivity contribution in [3.05, 3.63) is 71.3 Å². The van der Waals surface area contributed by atoms with Gasteiger partial charge in [0.05, 0.1) is 0 Å². The Hall–Kier alpha value is -2.71. The van der Waals surface area contributed by atoms with Crippen LogP contribution in [0.25, 0.3) is 5.69 Å². The molecule has 3 aromatic rings. The normalized spacial score (nSPS) is 14.8. The molecular formula is C24H28FN5OS. The Kier molecular flexibility index (Phi) is 6.91. The fourth-order valence-electron chi connectivity index (χ4n) is 3.76. The minimum Gasteiger partial charge on any atom is -0.336 e. The molecule has 1 aliphatic rings. The van der Waals surface area contributed by atoms with Crippen molar-refractivity contribution in [3.63, 3.8) is 0 Å². The average molecular weight is 454 g/mol. The van der Waals surface area contributed by atoms with Crippen molar-refractivity contribution in [2.45, 2.75) is 30.7 Å². The SMILES string of the molecule is CC(C)c1nnc(SCc2ccccc2C(=O)N2CCN(C)CC2)n1-c1ccc(F)cc1. The lowest BCUT2D eigenvalue weighted by molar-refractivity contribution is 0.0663. The molecule has 168 valence electrons. The Morgan fingerprint density at radius 3 is 2.41 bits per heavy atom. The molecule has 0 bridgehead atoms. The number of carbonyl (C=O) groups excluding carboxylic acids is 1. The fourth-order valence-corrected chi connectivity index (χ4v) is 4.72. The summed E-state index contributed by atoms with van der Waals surface area (Å²) < 4.78 is 15.4. The summed E-state index contributed by atoms with van der Waals surface area (Å²) >= 11 is 1.53. The third-order valence-corrected chi connectivity index (χ3v) is 6.63. The van der Waals surface area contributed by atoms with Crippen LogP contribution in [0.2, 0.25) is 0 Å².